The molecule has 0 aliphatic carbocycles. The monoisotopic (exact) mass is 217 g/mol. The van der Waals surface area contributed by atoms with Crippen molar-refractivity contribution in [3.63, 3.8) is 0 Å². The summed E-state index contributed by atoms with van der Waals surface area (Å²) < 4.78 is 13.4. The van der Waals surface area contributed by atoms with Crippen molar-refractivity contribution in [3.05, 3.63) is 34.1 Å². The Morgan fingerprint density at radius 2 is 2.31 bits per heavy atom. The molecule has 0 fully saturated rings. The maximum atomic E-state index is 13.4. The van der Waals surface area contributed by atoms with Crippen LogP contribution in [0.25, 0.3) is 0 Å². The summed E-state index contributed by atoms with van der Waals surface area (Å²) in [6.45, 7) is 0. The molecule has 13 heavy (non-hydrogen) atoms. The van der Waals surface area contributed by atoms with Gasteiger partial charge in [0.15, 0.2) is 0 Å². The number of fused-ring (bicyclic) bond motifs is 1. The summed E-state index contributed by atoms with van der Waals surface area (Å²) >= 11 is 7.40. The minimum absolute atomic E-state index is 0.0815. The number of hydrogen-bond donors (Lipinski definition) is 1. The summed E-state index contributed by atoms with van der Waals surface area (Å²) in [5.41, 5.74) is 7.42. The van der Waals surface area contributed by atoms with Gasteiger partial charge in [0.25, 0.3) is 0 Å². The molecule has 0 unspecified atom stereocenters. The van der Waals surface area contributed by atoms with Gasteiger partial charge in [-0.05, 0) is 17.7 Å². The summed E-state index contributed by atoms with van der Waals surface area (Å²) in [5, 5.41) is 0.429. The highest BCUT2D eigenvalue weighted by molar-refractivity contribution is 7.98. The van der Waals surface area contributed by atoms with Gasteiger partial charge in [-0.15, -0.1) is 0 Å². The fraction of sp³-hybridized carbons (Fsp3) is 0.333. The van der Waals surface area contributed by atoms with Crippen molar-refractivity contribution in [3.8, 4) is 0 Å². The second-order valence-electron chi connectivity index (χ2n) is 3.08. The Kier molecular flexibility index (Phi) is 2.49. The van der Waals surface area contributed by atoms with E-state index in [4.69, 9.17) is 17.3 Å². The van der Waals surface area contributed by atoms with E-state index in [1.165, 1.54) is 6.07 Å². The Morgan fingerprint density at radius 3 is 3.08 bits per heavy atom. The maximum Gasteiger partial charge on any atom is 0.129 e. The highest BCUT2D eigenvalue weighted by Crippen LogP contribution is 2.33. The molecule has 70 valence electrons. The Balaban J connectivity index is 2.56. The smallest absolute Gasteiger partial charge is 0.129 e. The van der Waals surface area contributed by atoms with Crippen LogP contribution < -0.4 is 5.73 Å². The average molecular weight is 218 g/mol. The third kappa shape index (κ3) is 1.68. The van der Waals surface area contributed by atoms with E-state index in [0.717, 1.165) is 11.3 Å². The number of hydrogen-bond acceptors (Lipinski definition) is 2. The van der Waals surface area contributed by atoms with Crippen molar-refractivity contribution in [2.45, 2.75) is 11.8 Å². The molecule has 1 atom stereocenters. The normalized spacial score (nSPS) is 21.3. The predicted octanol–water partition coefficient (Wildman–Crippen LogP) is 2.73. The van der Waals surface area contributed by atoms with E-state index in [9.17, 15) is 4.39 Å². The highest BCUT2D eigenvalue weighted by atomic mass is 35.5. The number of halogens is 2. The van der Waals surface area contributed by atoms with Crippen LogP contribution in [0.15, 0.2) is 12.1 Å². The van der Waals surface area contributed by atoms with Gasteiger partial charge in [-0.2, -0.15) is 11.8 Å². The van der Waals surface area contributed by atoms with Crippen LogP contribution >= 0.6 is 23.4 Å². The van der Waals surface area contributed by atoms with Crippen LogP contribution in [0.3, 0.4) is 0 Å². The molecule has 1 nitrogen and oxygen atoms in total. The molecule has 2 rings (SSSR count). The maximum absolute atomic E-state index is 13.4. The molecular formula is C9H9ClFNS. The third-order valence-corrected chi connectivity index (χ3v) is 3.44. The van der Waals surface area contributed by atoms with E-state index in [1.807, 2.05) is 0 Å². The molecule has 1 aromatic carbocycles. The molecule has 1 aromatic rings. The minimum Gasteiger partial charge on any atom is -0.323 e. The fourth-order valence-electron chi connectivity index (χ4n) is 1.48. The molecule has 4 heteroatoms. The highest BCUT2D eigenvalue weighted by Gasteiger charge is 2.20. The van der Waals surface area contributed by atoms with Crippen LogP contribution in [0.4, 0.5) is 4.39 Å². The molecule has 2 N–H and O–H groups in total. The summed E-state index contributed by atoms with van der Waals surface area (Å²) in [5.74, 6) is 1.31. The Labute approximate surface area is 85.5 Å². The first-order chi connectivity index (χ1) is 6.18. The molecule has 0 spiro atoms. The lowest BCUT2D eigenvalue weighted by Gasteiger charge is -2.22. The lowest BCUT2D eigenvalue weighted by Crippen LogP contribution is -2.19. The zero-order chi connectivity index (χ0) is 9.42. The van der Waals surface area contributed by atoms with Gasteiger partial charge in [0.05, 0.1) is 0 Å². The Morgan fingerprint density at radius 1 is 1.54 bits per heavy atom. The zero-order valence-corrected chi connectivity index (χ0v) is 8.46. The molecule has 0 bridgehead atoms. The van der Waals surface area contributed by atoms with Crippen molar-refractivity contribution >= 4 is 23.4 Å². The van der Waals surface area contributed by atoms with E-state index >= 15 is 0 Å². The van der Waals surface area contributed by atoms with E-state index < -0.39 is 0 Å². The lowest BCUT2D eigenvalue weighted by atomic mass is 10.0. The molecule has 1 aliphatic heterocycles. The number of thioether (sulfide) groups is 1. The van der Waals surface area contributed by atoms with Gasteiger partial charge in [0.1, 0.15) is 5.82 Å². The number of nitrogens with two attached hydrogens (primary N) is 1. The first kappa shape index (κ1) is 9.31. The van der Waals surface area contributed by atoms with Gasteiger partial charge >= 0.3 is 0 Å². The molecule has 1 heterocycles. The quantitative estimate of drug-likeness (QED) is 0.723. The van der Waals surface area contributed by atoms with Crippen molar-refractivity contribution in [1.29, 1.82) is 0 Å². The van der Waals surface area contributed by atoms with Crippen LogP contribution in [0.1, 0.15) is 17.2 Å². The summed E-state index contributed by atoms with van der Waals surface area (Å²) in [6.07, 6.45) is 0. The third-order valence-electron chi connectivity index (χ3n) is 2.14. The molecule has 0 aromatic heterocycles. The van der Waals surface area contributed by atoms with Gasteiger partial charge in [-0.1, -0.05) is 11.6 Å². The average Bonchev–Trinajstić information content (AvgIpc) is 2.07. The number of rotatable bonds is 0. The van der Waals surface area contributed by atoms with Gasteiger partial charge in [0, 0.05) is 28.1 Å². The van der Waals surface area contributed by atoms with Crippen LogP contribution in [-0.4, -0.2) is 5.75 Å². The SMILES string of the molecule is N[C@H]1CSCc2c(F)cc(Cl)cc21. The largest absolute Gasteiger partial charge is 0.323 e. The predicted molar refractivity (Wildman–Crippen MR) is 54.5 cm³/mol. The first-order valence-electron chi connectivity index (χ1n) is 3.99. The first-order valence-corrected chi connectivity index (χ1v) is 5.53. The van der Waals surface area contributed by atoms with Crippen LogP contribution in [-0.2, 0) is 5.75 Å². The van der Waals surface area contributed by atoms with Crippen molar-refractivity contribution < 1.29 is 4.39 Å². The van der Waals surface area contributed by atoms with Crippen LogP contribution in [0.5, 0.6) is 0 Å². The summed E-state index contributed by atoms with van der Waals surface area (Å²) in [4.78, 5) is 0. The number of benzene rings is 1. The topological polar surface area (TPSA) is 26.0 Å². The van der Waals surface area contributed by atoms with E-state index in [-0.39, 0.29) is 11.9 Å². The lowest BCUT2D eigenvalue weighted by molar-refractivity contribution is 0.608. The van der Waals surface area contributed by atoms with Crippen LogP contribution in [0.2, 0.25) is 5.02 Å². The zero-order valence-electron chi connectivity index (χ0n) is 6.89. The van der Waals surface area contributed by atoms with E-state index in [1.54, 1.807) is 17.8 Å². The fourth-order valence-corrected chi connectivity index (χ4v) is 2.76. The van der Waals surface area contributed by atoms with Gasteiger partial charge < -0.3 is 5.73 Å². The summed E-state index contributed by atoms with van der Waals surface area (Å²) in [7, 11) is 0. The molecule has 0 amide bonds. The second kappa shape index (κ2) is 3.48. The van der Waals surface area contributed by atoms with Gasteiger partial charge in [-0.3, -0.25) is 0 Å². The Hall–Kier alpha value is -0.250. The van der Waals surface area contributed by atoms with Crippen molar-refractivity contribution in [2.75, 3.05) is 5.75 Å². The Bertz CT molecular complexity index is 343. The molecular weight excluding hydrogens is 209 g/mol. The van der Waals surface area contributed by atoms with Gasteiger partial charge in [0.2, 0.25) is 0 Å². The molecule has 0 saturated carbocycles. The standard InChI is InChI=1S/C9H9ClFNS/c10-5-1-6-7(8(11)2-5)3-13-4-9(6)12/h1-2,9H,3-4,12H2/t9-/m0/s1. The molecule has 0 saturated heterocycles. The summed E-state index contributed by atoms with van der Waals surface area (Å²) in [6, 6.07) is 3.03. The van der Waals surface area contributed by atoms with Crippen molar-refractivity contribution in [1.82, 2.24) is 0 Å². The van der Waals surface area contributed by atoms with E-state index in [0.29, 0.717) is 16.3 Å². The molecule has 0 radical (unpaired) electrons. The van der Waals surface area contributed by atoms with Crippen molar-refractivity contribution in [2.24, 2.45) is 5.73 Å². The second-order valence-corrected chi connectivity index (χ2v) is 4.54. The van der Waals surface area contributed by atoms with E-state index in [2.05, 4.69) is 0 Å². The minimum atomic E-state index is -0.231. The van der Waals surface area contributed by atoms with Crippen LogP contribution in [0, 0.1) is 5.82 Å². The molecule has 1 aliphatic rings. The van der Waals surface area contributed by atoms with Gasteiger partial charge in [-0.25, -0.2) is 4.39 Å².